The van der Waals surface area contributed by atoms with Crippen LogP contribution in [0, 0.1) is 22.7 Å². The number of H-pyrrole nitrogens is 1. The molecule has 4 rings (SSSR count). The maximum Gasteiger partial charge on any atom is 0.306 e. The van der Waals surface area contributed by atoms with Crippen LogP contribution in [0.25, 0.3) is 11.2 Å². The van der Waals surface area contributed by atoms with Gasteiger partial charge in [0.25, 0.3) is 5.91 Å². The molecule has 1 atom stereocenters. The highest BCUT2D eigenvalue weighted by molar-refractivity contribution is 6.05. The normalized spacial score (nSPS) is 18.2. The molecule has 0 bridgehead atoms. The van der Waals surface area contributed by atoms with Crippen LogP contribution in [-0.2, 0) is 11.8 Å². The Hall–Kier alpha value is -2.95. The minimum Gasteiger partial charge on any atom is -0.340 e. The lowest BCUT2D eigenvalue weighted by Crippen LogP contribution is -2.60. The Kier molecular flexibility index (Phi) is 4.56. The van der Waals surface area contributed by atoms with E-state index >= 15 is 0 Å². The van der Waals surface area contributed by atoms with Crippen molar-refractivity contribution in [1.82, 2.24) is 20.2 Å². The quantitative estimate of drug-likeness (QED) is 0.763. The summed E-state index contributed by atoms with van der Waals surface area (Å²) in [6, 6.07) is 1.50. The summed E-state index contributed by atoms with van der Waals surface area (Å²) in [5.41, 5.74) is 2.38. The molecule has 8 nitrogen and oxygen atoms in total. The minimum atomic E-state index is -0.681. The molecule has 2 aromatic rings. The van der Waals surface area contributed by atoms with Crippen molar-refractivity contribution < 1.29 is 14.2 Å². The van der Waals surface area contributed by atoms with Gasteiger partial charge in [0.1, 0.15) is 24.0 Å². The van der Waals surface area contributed by atoms with Gasteiger partial charge in [-0.25, -0.2) is 14.5 Å². The van der Waals surface area contributed by atoms with Crippen LogP contribution in [-0.4, -0.2) is 45.8 Å². The van der Waals surface area contributed by atoms with E-state index in [1.54, 1.807) is 11.1 Å². The second-order valence-electron chi connectivity index (χ2n) is 9.29. The highest BCUT2D eigenvalue weighted by Crippen LogP contribution is 2.39. The van der Waals surface area contributed by atoms with E-state index in [-0.39, 0.29) is 17.7 Å². The number of rotatable bonds is 4. The van der Waals surface area contributed by atoms with Crippen LogP contribution in [0.2, 0.25) is 0 Å². The number of hydrogen-bond acceptors (Lipinski definition) is 4. The van der Waals surface area contributed by atoms with Gasteiger partial charge in [0.2, 0.25) is 5.91 Å². The molecule has 1 saturated carbocycles. The first-order valence-electron chi connectivity index (χ1n) is 10.1. The number of nitrogens with zero attached hydrogens (tertiary/aromatic N) is 4. The Labute approximate surface area is 169 Å². The van der Waals surface area contributed by atoms with Gasteiger partial charge in [-0.3, -0.25) is 9.59 Å². The number of nitrogens with one attached hydrogen (secondary N) is 2. The highest BCUT2D eigenvalue weighted by atomic mass is 16.2. The molecule has 2 amide bonds. The van der Waals surface area contributed by atoms with Crippen molar-refractivity contribution in [3.63, 3.8) is 0 Å². The molecule has 152 valence electrons. The van der Waals surface area contributed by atoms with Crippen molar-refractivity contribution in [2.45, 2.75) is 45.6 Å². The standard InChI is InChI=1S/C21H26N6O2/c1-21(2,3)17(20(29)27-9-12(7-22)10-27)25-19(28)14-8-23-18-16(14)24-15(11-26(18)4)13-5-6-13/h8,11-13,17H,5-6,9-10H2,1-4H3,(H,25,28)/p+1. The number of aromatic amines is 1. The molecule has 1 aliphatic carbocycles. The number of nitriles is 1. The van der Waals surface area contributed by atoms with E-state index in [0.29, 0.717) is 30.1 Å². The summed E-state index contributed by atoms with van der Waals surface area (Å²) in [7, 11) is 1.94. The topological polar surface area (TPSA) is 106 Å². The van der Waals surface area contributed by atoms with Gasteiger partial charge in [-0.2, -0.15) is 5.26 Å². The predicted molar refractivity (Wildman–Crippen MR) is 106 cm³/mol. The third-order valence-corrected chi connectivity index (χ3v) is 5.76. The average Bonchev–Trinajstić information content (AvgIpc) is 3.37. The lowest BCUT2D eigenvalue weighted by atomic mass is 9.84. The Morgan fingerprint density at radius 2 is 2.07 bits per heavy atom. The van der Waals surface area contributed by atoms with Crippen molar-refractivity contribution in [2.75, 3.05) is 13.1 Å². The van der Waals surface area contributed by atoms with Crippen molar-refractivity contribution >= 4 is 23.0 Å². The second-order valence-corrected chi connectivity index (χ2v) is 9.29. The van der Waals surface area contributed by atoms with Crippen LogP contribution < -0.4 is 9.88 Å². The van der Waals surface area contributed by atoms with E-state index in [4.69, 9.17) is 10.2 Å². The molecule has 2 N–H and O–H groups in total. The van der Waals surface area contributed by atoms with Crippen LogP contribution in [0.1, 0.15) is 55.6 Å². The maximum absolute atomic E-state index is 13.1. The molecule has 29 heavy (non-hydrogen) atoms. The van der Waals surface area contributed by atoms with Gasteiger partial charge in [0, 0.05) is 19.0 Å². The number of likely N-dealkylation sites (tertiary alicyclic amines) is 1. The summed E-state index contributed by atoms with van der Waals surface area (Å²) in [4.78, 5) is 35.6. The van der Waals surface area contributed by atoms with Crippen molar-refractivity contribution in [3.05, 3.63) is 23.7 Å². The lowest BCUT2D eigenvalue weighted by molar-refractivity contribution is -0.647. The summed E-state index contributed by atoms with van der Waals surface area (Å²) < 4.78 is 1.96. The Balaban J connectivity index is 1.59. The molecule has 2 fully saturated rings. The first-order chi connectivity index (χ1) is 13.7. The minimum absolute atomic E-state index is 0.117. The lowest BCUT2D eigenvalue weighted by Gasteiger charge is -2.41. The van der Waals surface area contributed by atoms with Gasteiger partial charge in [-0.15, -0.1) is 0 Å². The second kappa shape index (κ2) is 6.83. The highest BCUT2D eigenvalue weighted by Gasteiger charge is 2.41. The number of hydrogen-bond donors (Lipinski definition) is 2. The third kappa shape index (κ3) is 3.57. The zero-order valence-electron chi connectivity index (χ0n) is 17.3. The first kappa shape index (κ1) is 19.4. The van der Waals surface area contributed by atoms with E-state index in [9.17, 15) is 9.59 Å². The van der Waals surface area contributed by atoms with Gasteiger partial charge in [0.05, 0.1) is 24.7 Å². The van der Waals surface area contributed by atoms with Gasteiger partial charge < -0.3 is 10.2 Å². The molecule has 0 spiro atoms. The van der Waals surface area contributed by atoms with Crippen molar-refractivity contribution in [3.8, 4) is 6.07 Å². The largest absolute Gasteiger partial charge is 0.340 e. The van der Waals surface area contributed by atoms with Crippen LogP contribution in [0.3, 0.4) is 0 Å². The number of aryl methyl sites for hydroxylation is 1. The maximum atomic E-state index is 13.1. The summed E-state index contributed by atoms with van der Waals surface area (Å²) in [5.74, 6) is -0.106. The van der Waals surface area contributed by atoms with Crippen molar-refractivity contribution in [1.29, 1.82) is 5.26 Å². The van der Waals surface area contributed by atoms with Crippen LogP contribution in [0.15, 0.2) is 12.4 Å². The fraction of sp³-hybridized carbons (Fsp3) is 0.571. The molecular formula is C21H27N6O2+. The summed E-state index contributed by atoms with van der Waals surface area (Å²) in [6.45, 7) is 6.63. The smallest absolute Gasteiger partial charge is 0.306 e. The summed E-state index contributed by atoms with van der Waals surface area (Å²) >= 11 is 0. The Morgan fingerprint density at radius 1 is 1.38 bits per heavy atom. The summed E-state index contributed by atoms with van der Waals surface area (Å²) in [6.07, 6.45) is 5.92. The van der Waals surface area contributed by atoms with E-state index in [1.165, 1.54) is 0 Å². The number of carbonyl (C=O) groups is 2. The summed E-state index contributed by atoms with van der Waals surface area (Å²) in [5, 5.41) is 11.9. The fourth-order valence-electron chi connectivity index (χ4n) is 3.74. The van der Waals surface area contributed by atoms with Gasteiger partial charge >= 0.3 is 5.65 Å². The number of amides is 2. The number of carbonyl (C=O) groups excluding carboxylic acids is 2. The fourth-order valence-corrected chi connectivity index (χ4v) is 3.74. The SMILES string of the molecule is C[n+]1cc(C2CC2)nc2c(C(=O)NC(C(=O)N3CC(C#N)C3)C(C)(C)C)c[nH]c21. The molecule has 8 heteroatoms. The van der Waals surface area contributed by atoms with Gasteiger partial charge in [-0.05, 0) is 18.3 Å². The van der Waals surface area contributed by atoms with Gasteiger partial charge in [0.15, 0.2) is 5.52 Å². The average molecular weight is 395 g/mol. The molecule has 3 heterocycles. The Bertz CT molecular complexity index is 1020. The van der Waals surface area contributed by atoms with E-state index in [0.717, 1.165) is 24.2 Å². The zero-order chi connectivity index (χ0) is 20.9. The van der Waals surface area contributed by atoms with E-state index < -0.39 is 11.5 Å². The van der Waals surface area contributed by atoms with Crippen molar-refractivity contribution in [2.24, 2.45) is 18.4 Å². The van der Waals surface area contributed by atoms with E-state index in [2.05, 4.69) is 16.4 Å². The number of aromatic nitrogens is 3. The molecule has 1 saturated heterocycles. The molecule has 1 unspecified atom stereocenters. The van der Waals surface area contributed by atoms with E-state index in [1.807, 2.05) is 38.6 Å². The predicted octanol–water partition coefficient (Wildman–Crippen LogP) is 1.39. The van der Waals surface area contributed by atoms with Crippen LogP contribution in [0.4, 0.5) is 0 Å². The first-order valence-corrected chi connectivity index (χ1v) is 10.1. The third-order valence-electron chi connectivity index (χ3n) is 5.76. The molecule has 0 radical (unpaired) electrons. The van der Waals surface area contributed by atoms with Gasteiger partial charge in [-0.1, -0.05) is 20.8 Å². The van der Waals surface area contributed by atoms with Crippen LogP contribution in [0.5, 0.6) is 0 Å². The molecule has 2 aromatic heterocycles. The Morgan fingerprint density at radius 3 is 2.66 bits per heavy atom. The zero-order valence-corrected chi connectivity index (χ0v) is 17.3. The number of fused-ring (bicyclic) bond motifs is 1. The molecule has 1 aliphatic heterocycles. The molecular weight excluding hydrogens is 368 g/mol. The molecule has 0 aromatic carbocycles. The van der Waals surface area contributed by atoms with Crippen LogP contribution >= 0.6 is 0 Å². The molecule has 2 aliphatic rings. The monoisotopic (exact) mass is 395 g/mol.